The molecule has 1 saturated heterocycles. The highest BCUT2D eigenvalue weighted by atomic mass is 32.4. The Balaban J connectivity index is 1.93. The van der Waals surface area contributed by atoms with Gasteiger partial charge in [0.15, 0.2) is 30.7 Å². The fourth-order valence-corrected chi connectivity index (χ4v) is 2.87. The van der Waals surface area contributed by atoms with E-state index in [1.54, 1.807) is 0 Å². The number of hydrogen-bond donors (Lipinski definition) is 4. The number of hydrogen-bond acceptors (Lipinski definition) is 8. The third-order valence-corrected chi connectivity index (χ3v) is 4.15. The van der Waals surface area contributed by atoms with Crippen molar-refractivity contribution in [1.82, 2.24) is 19.5 Å². The first-order chi connectivity index (χ1) is 10.9. The van der Waals surface area contributed by atoms with Crippen LogP contribution in [0.15, 0.2) is 11.1 Å². The number of fused-ring (bicyclic) bond motifs is 1. The fraction of sp³-hybridized carbons (Fsp3) is 0.500. The van der Waals surface area contributed by atoms with E-state index < -0.39 is 37.3 Å². The molecule has 3 heterocycles. The SMILES string of the molecule is Nc1nc2c(ncn2[C@@H]2O[C@H](CO[PH](O)=S)C(F)[C@@H]2O)c(=O)[nH]1. The third kappa shape index (κ3) is 3.01. The minimum Gasteiger partial charge on any atom is -0.385 e. The zero-order chi connectivity index (χ0) is 16.7. The van der Waals surface area contributed by atoms with Crippen molar-refractivity contribution in [3.8, 4) is 0 Å². The van der Waals surface area contributed by atoms with Crippen LogP contribution >= 0.6 is 7.15 Å². The maximum Gasteiger partial charge on any atom is 0.280 e. The van der Waals surface area contributed by atoms with Crippen LogP contribution in [0.2, 0.25) is 0 Å². The van der Waals surface area contributed by atoms with Crippen LogP contribution in [-0.2, 0) is 21.1 Å². The molecule has 1 fully saturated rings. The summed E-state index contributed by atoms with van der Waals surface area (Å²) < 4.78 is 25.6. The second-order valence-electron chi connectivity index (χ2n) is 4.85. The molecule has 1 aliphatic rings. The molecule has 0 saturated carbocycles. The number of nitrogens with zero attached hydrogens (tertiary/aromatic N) is 3. The monoisotopic (exact) mass is 365 g/mol. The van der Waals surface area contributed by atoms with E-state index in [2.05, 4.69) is 26.8 Å². The van der Waals surface area contributed by atoms with E-state index in [4.69, 9.17) is 19.9 Å². The maximum atomic E-state index is 14.1. The molecule has 0 bridgehead atoms. The van der Waals surface area contributed by atoms with E-state index in [-0.39, 0.29) is 23.7 Å². The quantitative estimate of drug-likeness (QED) is 0.491. The number of rotatable bonds is 4. The molecular weight excluding hydrogens is 352 g/mol. The Morgan fingerprint density at radius 2 is 2.39 bits per heavy atom. The Kier molecular flexibility index (Phi) is 4.45. The molecule has 0 spiro atoms. The zero-order valence-electron chi connectivity index (χ0n) is 11.4. The number of nitrogens with one attached hydrogen (secondary N) is 1. The van der Waals surface area contributed by atoms with Gasteiger partial charge in [0, 0.05) is 0 Å². The van der Waals surface area contributed by atoms with Crippen molar-refractivity contribution in [3.05, 3.63) is 16.7 Å². The van der Waals surface area contributed by atoms with Crippen LogP contribution in [0.4, 0.5) is 10.3 Å². The van der Waals surface area contributed by atoms with Crippen LogP contribution in [-0.4, -0.2) is 54.5 Å². The van der Waals surface area contributed by atoms with Crippen LogP contribution in [0.1, 0.15) is 6.23 Å². The summed E-state index contributed by atoms with van der Waals surface area (Å²) in [7, 11) is -2.42. The van der Waals surface area contributed by atoms with Crippen molar-refractivity contribution in [1.29, 1.82) is 0 Å². The summed E-state index contributed by atoms with van der Waals surface area (Å²) in [4.78, 5) is 30.8. The van der Waals surface area contributed by atoms with Gasteiger partial charge in [0.05, 0.1) is 12.9 Å². The van der Waals surface area contributed by atoms with Crippen molar-refractivity contribution in [2.24, 2.45) is 0 Å². The number of imidazole rings is 1. The predicted molar refractivity (Wildman–Crippen MR) is 81.2 cm³/mol. The number of halogens is 1. The normalized spacial score (nSPS) is 29.2. The topological polar surface area (TPSA) is 149 Å². The van der Waals surface area contributed by atoms with Gasteiger partial charge in [0.1, 0.15) is 12.2 Å². The lowest BCUT2D eigenvalue weighted by Crippen LogP contribution is -2.29. The number of alkyl halides is 1. The average Bonchev–Trinajstić information content (AvgIpc) is 3.00. The molecule has 13 heteroatoms. The summed E-state index contributed by atoms with van der Waals surface area (Å²) in [6.45, 7) is -0.300. The molecule has 126 valence electrons. The van der Waals surface area contributed by atoms with Gasteiger partial charge < -0.3 is 25.0 Å². The summed E-state index contributed by atoms with van der Waals surface area (Å²) in [5.74, 6) is -0.146. The highest BCUT2D eigenvalue weighted by molar-refractivity contribution is 8.00. The van der Waals surface area contributed by atoms with Crippen molar-refractivity contribution < 1.29 is 23.7 Å². The number of aromatic nitrogens is 4. The van der Waals surface area contributed by atoms with Gasteiger partial charge in [-0.25, -0.2) is 9.37 Å². The van der Waals surface area contributed by atoms with Gasteiger partial charge in [-0.2, -0.15) is 4.98 Å². The number of aliphatic hydroxyl groups is 1. The Bertz CT molecular complexity index is 815. The molecule has 2 unspecified atom stereocenters. The minimum atomic E-state index is -2.42. The van der Waals surface area contributed by atoms with Crippen molar-refractivity contribution in [3.63, 3.8) is 0 Å². The molecule has 5 N–H and O–H groups in total. The number of aromatic amines is 1. The Labute approximate surface area is 133 Å². The van der Waals surface area contributed by atoms with E-state index in [1.807, 2.05) is 0 Å². The molecule has 2 aromatic heterocycles. The zero-order valence-corrected chi connectivity index (χ0v) is 13.2. The Morgan fingerprint density at radius 3 is 3.09 bits per heavy atom. The smallest absolute Gasteiger partial charge is 0.280 e. The van der Waals surface area contributed by atoms with E-state index in [9.17, 15) is 14.3 Å². The van der Waals surface area contributed by atoms with Crippen LogP contribution in [0, 0.1) is 0 Å². The molecule has 23 heavy (non-hydrogen) atoms. The number of anilines is 1. The molecule has 0 radical (unpaired) electrons. The second kappa shape index (κ2) is 6.23. The van der Waals surface area contributed by atoms with E-state index in [0.29, 0.717) is 0 Å². The van der Waals surface area contributed by atoms with Crippen LogP contribution in [0.3, 0.4) is 0 Å². The number of nitrogens with two attached hydrogens (primary N) is 1. The standard InChI is InChI=1S/C10H13FN5O5PS/c11-4-3(1-20-22(19)23)21-9(6(4)17)16-2-13-5-7(16)14-10(12)15-8(5)18/h2-4,6,9,17,22H,1H2,(H,19,23)(H3,12,14,15,18)/t3-,4?,6+,9-/m1/s1. The number of aliphatic hydroxyl groups excluding tert-OH is 1. The number of nitrogen functional groups attached to an aromatic ring is 1. The molecule has 0 aliphatic carbocycles. The highest BCUT2D eigenvalue weighted by Gasteiger charge is 2.46. The minimum absolute atomic E-state index is 0.0171. The van der Waals surface area contributed by atoms with Gasteiger partial charge in [-0.05, 0) is 11.8 Å². The average molecular weight is 365 g/mol. The van der Waals surface area contributed by atoms with Crippen LogP contribution < -0.4 is 11.3 Å². The van der Waals surface area contributed by atoms with Crippen molar-refractivity contribution >= 4 is 36.1 Å². The van der Waals surface area contributed by atoms with Gasteiger partial charge in [-0.1, -0.05) is 0 Å². The maximum absolute atomic E-state index is 14.1. The molecule has 0 amide bonds. The van der Waals surface area contributed by atoms with E-state index >= 15 is 0 Å². The molecule has 0 aromatic carbocycles. The van der Waals surface area contributed by atoms with Gasteiger partial charge in [0.25, 0.3) is 5.56 Å². The molecule has 2 aromatic rings. The van der Waals surface area contributed by atoms with Gasteiger partial charge in [-0.3, -0.25) is 14.3 Å². The van der Waals surface area contributed by atoms with Gasteiger partial charge in [-0.15, -0.1) is 0 Å². The number of H-pyrrole nitrogens is 1. The second-order valence-corrected chi connectivity index (χ2v) is 6.72. The van der Waals surface area contributed by atoms with Crippen molar-refractivity contribution in [2.75, 3.05) is 12.3 Å². The first-order valence-corrected chi connectivity index (χ1v) is 8.93. The largest absolute Gasteiger partial charge is 0.385 e. The number of ether oxygens (including phenoxy) is 1. The fourth-order valence-electron chi connectivity index (χ4n) is 2.36. The van der Waals surface area contributed by atoms with Crippen LogP contribution in [0.25, 0.3) is 11.2 Å². The summed E-state index contributed by atoms with van der Waals surface area (Å²) in [6.07, 6.45) is -4.40. The lowest BCUT2D eigenvalue weighted by Gasteiger charge is -2.16. The van der Waals surface area contributed by atoms with E-state index in [0.717, 1.165) is 0 Å². The predicted octanol–water partition coefficient (Wildman–Crippen LogP) is -1.19. The van der Waals surface area contributed by atoms with Crippen molar-refractivity contribution in [2.45, 2.75) is 24.6 Å². The summed E-state index contributed by atoms with van der Waals surface area (Å²) in [6, 6.07) is 0. The van der Waals surface area contributed by atoms with Gasteiger partial charge in [0.2, 0.25) is 5.95 Å². The van der Waals surface area contributed by atoms with E-state index in [1.165, 1.54) is 10.9 Å². The van der Waals surface area contributed by atoms with Gasteiger partial charge >= 0.3 is 0 Å². The van der Waals surface area contributed by atoms with Crippen LogP contribution in [0.5, 0.6) is 0 Å². The lowest BCUT2D eigenvalue weighted by atomic mass is 10.1. The molecular formula is C10H13FN5O5PS. The molecule has 1 aliphatic heterocycles. The summed E-state index contributed by atoms with van der Waals surface area (Å²) in [5, 5.41) is 10.0. The first kappa shape index (κ1) is 16.4. The third-order valence-electron chi connectivity index (χ3n) is 3.38. The Morgan fingerprint density at radius 1 is 1.65 bits per heavy atom. The molecule has 3 rings (SSSR count). The summed E-state index contributed by atoms with van der Waals surface area (Å²) in [5.41, 5.74) is 4.96. The molecule has 10 nitrogen and oxygen atoms in total. The lowest BCUT2D eigenvalue weighted by molar-refractivity contribution is -0.0457. The summed E-state index contributed by atoms with van der Waals surface area (Å²) >= 11 is 4.50. The Hall–Kier alpha value is -1.43. The first-order valence-electron chi connectivity index (χ1n) is 6.44. The molecule has 5 atom stereocenters. The highest BCUT2D eigenvalue weighted by Crippen LogP contribution is 2.34.